The van der Waals surface area contributed by atoms with Gasteiger partial charge in [0.25, 0.3) is 10.1 Å². The zero-order chi connectivity index (χ0) is 26.5. The lowest BCUT2D eigenvalue weighted by Gasteiger charge is -2.33. The number of benzene rings is 3. The molecule has 3 aromatic carbocycles. The zero-order valence-electron chi connectivity index (χ0n) is 19.2. The van der Waals surface area contributed by atoms with Gasteiger partial charge in [-0.05, 0) is 18.2 Å². The van der Waals surface area contributed by atoms with Gasteiger partial charge in [-0.2, -0.15) is 8.42 Å². The molecule has 0 bridgehead atoms. The van der Waals surface area contributed by atoms with Gasteiger partial charge < -0.3 is 5.32 Å². The Morgan fingerprint density at radius 2 is 1.42 bits per heavy atom. The van der Waals surface area contributed by atoms with Gasteiger partial charge in [-0.1, -0.05) is 48.6 Å². The molecule has 0 amide bonds. The van der Waals surface area contributed by atoms with Crippen LogP contribution < -0.4 is 5.32 Å². The molecule has 1 atom stereocenters. The number of Topliss-reactive ketones (excluding diaryl/α,β-unsaturated/α-hetero) is 2. The molecule has 0 aromatic heterocycles. The van der Waals surface area contributed by atoms with Gasteiger partial charge in [-0.15, -0.1) is 0 Å². The molecule has 2 N–H and O–H groups in total. The number of anilines is 1. The molecule has 0 radical (unpaired) electrons. The summed E-state index contributed by atoms with van der Waals surface area (Å²) in [6.07, 6.45) is 2.98. The van der Waals surface area contributed by atoms with Gasteiger partial charge >= 0.3 is 0 Å². The molecule has 3 aliphatic carbocycles. The zero-order valence-corrected chi connectivity index (χ0v) is 20.0. The molecule has 1 unspecified atom stereocenters. The number of fused-ring (bicyclic) bond motifs is 7. The van der Waals surface area contributed by atoms with Gasteiger partial charge in [0.15, 0.2) is 23.1 Å². The quantitative estimate of drug-likeness (QED) is 0.361. The first-order valence-corrected chi connectivity index (χ1v) is 12.9. The summed E-state index contributed by atoms with van der Waals surface area (Å²) in [5, 5.41) is 3.21. The van der Waals surface area contributed by atoms with Gasteiger partial charge in [0.1, 0.15) is 4.90 Å². The highest BCUT2D eigenvalue weighted by Gasteiger charge is 2.42. The van der Waals surface area contributed by atoms with E-state index in [0.717, 1.165) is 6.07 Å². The Morgan fingerprint density at radius 3 is 2.16 bits per heavy atom. The standard InChI is InChI=1S/C28H14N2O7S/c31-25-12-4-1-2-5-13(12)26(32)21-15(25)8-10-17-23(21)29-18-11-9-16-22(24(18)30-17)28(34)14-6-3-7-19(38(35,36)37)20(14)27(16)33/h1-11,18,29H,(H,35,36,37). The molecular weight excluding hydrogens is 508 g/mol. The van der Waals surface area contributed by atoms with E-state index in [0.29, 0.717) is 22.5 Å². The summed E-state index contributed by atoms with van der Waals surface area (Å²) in [6.45, 7) is 0. The molecule has 0 saturated carbocycles. The second-order valence-corrected chi connectivity index (χ2v) is 10.6. The van der Waals surface area contributed by atoms with Gasteiger partial charge in [0.2, 0.25) is 0 Å². The fourth-order valence-corrected chi connectivity index (χ4v) is 6.18. The van der Waals surface area contributed by atoms with Gasteiger partial charge in [-0.25, -0.2) is 4.99 Å². The summed E-state index contributed by atoms with van der Waals surface area (Å²) >= 11 is 0. The Balaban J connectivity index is 1.41. The highest BCUT2D eigenvalue weighted by molar-refractivity contribution is 7.86. The van der Waals surface area contributed by atoms with E-state index in [-0.39, 0.29) is 50.7 Å². The van der Waals surface area contributed by atoms with E-state index in [2.05, 4.69) is 10.3 Å². The Kier molecular flexibility index (Phi) is 4.35. The van der Waals surface area contributed by atoms with Crippen LogP contribution in [0.2, 0.25) is 0 Å². The van der Waals surface area contributed by atoms with Crippen LogP contribution >= 0.6 is 0 Å². The van der Waals surface area contributed by atoms with Crippen molar-refractivity contribution in [2.24, 2.45) is 4.99 Å². The average Bonchev–Trinajstić information content (AvgIpc) is 2.91. The van der Waals surface area contributed by atoms with Gasteiger partial charge in [-0.3, -0.25) is 23.7 Å². The monoisotopic (exact) mass is 522 g/mol. The van der Waals surface area contributed by atoms with Crippen molar-refractivity contribution in [1.82, 2.24) is 0 Å². The van der Waals surface area contributed by atoms with Crippen LogP contribution in [0.15, 0.2) is 87.8 Å². The van der Waals surface area contributed by atoms with Crippen LogP contribution in [0.4, 0.5) is 11.4 Å². The highest BCUT2D eigenvalue weighted by atomic mass is 32.2. The number of hydrogen-bond acceptors (Lipinski definition) is 8. The average molecular weight is 522 g/mol. The molecule has 7 rings (SSSR count). The van der Waals surface area contributed by atoms with Crippen molar-refractivity contribution in [3.63, 3.8) is 0 Å². The Morgan fingerprint density at radius 1 is 0.737 bits per heavy atom. The van der Waals surface area contributed by atoms with Gasteiger partial charge in [0, 0.05) is 27.8 Å². The summed E-state index contributed by atoms with van der Waals surface area (Å²) < 4.78 is 33.4. The van der Waals surface area contributed by atoms with Crippen LogP contribution in [0.3, 0.4) is 0 Å². The lowest BCUT2D eigenvalue weighted by Crippen LogP contribution is -2.40. The first-order chi connectivity index (χ1) is 18.2. The summed E-state index contributed by atoms with van der Waals surface area (Å²) in [6, 6.07) is 12.6. The van der Waals surface area contributed by atoms with Crippen molar-refractivity contribution in [3.05, 3.63) is 111 Å². The van der Waals surface area contributed by atoms with Crippen LogP contribution in [0, 0.1) is 0 Å². The first kappa shape index (κ1) is 22.4. The van der Waals surface area contributed by atoms with Crippen molar-refractivity contribution in [1.29, 1.82) is 0 Å². The molecule has 4 aliphatic rings. The van der Waals surface area contributed by atoms with E-state index < -0.39 is 32.6 Å². The van der Waals surface area contributed by atoms with Crippen LogP contribution in [0.1, 0.15) is 52.6 Å². The second kappa shape index (κ2) is 7.37. The summed E-state index contributed by atoms with van der Waals surface area (Å²) in [7, 11) is -4.76. The molecule has 184 valence electrons. The number of allylic oxidation sites excluding steroid dienone is 2. The van der Waals surface area contributed by atoms with E-state index in [1.807, 2.05) is 0 Å². The number of ketones is 4. The smallest absolute Gasteiger partial charge is 0.295 e. The Labute approximate surface area is 215 Å². The number of nitrogens with one attached hydrogen (secondary N) is 1. The minimum Gasteiger partial charge on any atom is -0.371 e. The van der Waals surface area contributed by atoms with Crippen molar-refractivity contribution in [3.8, 4) is 0 Å². The summed E-state index contributed by atoms with van der Waals surface area (Å²) in [5.74, 6) is -1.95. The highest BCUT2D eigenvalue weighted by Crippen LogP contribution is 2.43. The van der Waals surface area contributed by atoms with Crippen molar-refractivity contribution >= 4 is 50.3 Å². The summed E-state index contributed by atoms with van der Waals surface area (Å²) in [5.41, 5.74) is 1.36. The molecule has 3 aromatic rings. The lowest BCUT2D eigenvalue weighted by atomic mass is 9.77. The SMILES string of the molecule is O=C1C2=C(C=CC3Nc4c(ccc5c4C(=O)c4ccccc4C5=O)N=C23)C(=O)c2c1cccc2S(=O)(=O)O. The van der Waals surface area contributed by atoms with E-state index >= 15 is 0 Å². The van der Waals surface area contributed by atoms with Crippen LogP contribution in [0.25, 0.3) is 0 Å². The largest absolute Gasteiger partial charge is 0.371 e. The first-order valence-electron chi connectivity index (χ1n) is 11.5. The predicted molar refractivity (Wildman–Crippen MR) is 135 cm³/mol. The van der Waals surface area contributed by atoms with Crippen LogP contribution in [-0.4, -0.2) is 47.9 Å². The molecule has 0 spiro atoms. The number of rotatable bonds is 1. The molecule has 38 heavy (non-hydrogen) atoms. The third-order valence-corrected chi connectivity index (χ3v) is 8.03. The van der Waals surface area contributed by atoms with E-state index in [1.165, 1.54) is 24.3 Å². The maximum Gasteiger partial charge on any atom is 0.295 e. The number of nitrogens with zero attached hydrogens (tertiary/aromatic N) is 1. The van der Waals surface area contributed by atoms with Gasteiger partial charge in [0.05, 0.1) is 39.8 Å². The minimum atomic E-state index is -4.76. The summed E-state index contributed by atoms with van der Waals surface area (Å²) in [4.78, 5) is 57.5. The van der Waals surface area contributed by atoms with E-state index in [1.54, 1.807) is 36.4 Å². The topological polar surface area (TPSA) is 147 Å². The Hall–Kier alpha value is -4.80. The molecular formula is C28H14N2O7S. The molecule has 0 saturated heterocycles. The van der Waals surface area contributed by atoms with Crippen molar-refractivity contribution < 1.29 is 32.1 Å². The maximum atomic E-state index is 13.6. The maximum absolute atomic E-state index is 13.6. The number of carbonyl (C=O) groups excluding carboxylic acids is 4. The van der Waals surface area contributed by atoms with Crippen LogP contribution in [0.5, 0.6) is 0 Å². The molecule has 1 aliphatic heterocycles. The number of carbonyl (C=O) groups is 4. The normalized spacial score (nSPS) is 19.0. The van der Waals surface area contributed by atoms with Crippen molar-refractivity contribution in [2.45, 2.75) is 10.9 Å². The molecule has 10 heteroatoms. The predicted octanol–water partition coefficient (Wildman–Crippen LogP) is 3.52. The molecule has 9 nitrogen and oxygen atoms in total. The number of aliphatic imine (C=N–C) groups is 1. The fraction of sp³-hybridized carbons (Fsp3) is 0.0357. The fourth-order valence-electron chi connectivity index (χ4n) is 5.47. The van der Waals surface area contributed by atoms with Crippen molar-refractivity contribution in [2.75, 3.05) is 5.32 Å². The third-order valence-electron chi connectivity index (χ3n) is 7.14. The third kappa shape index (κ3) is 2.83. The Bertz CT molecular complexity index is 1950. The lowest BCUT2D eigenvalue weighted by molar-refractivity contribution is 0.0979. The second-order valence-electron chi connectivity index (χ2n) is 9.16. The molecule has 0 fully saturated rings. The van der Waals surface area contributed by atoms with Crippen LogP contribution in [-0.2, 0) is 10.1 Å². The minimum absolute atomic E-state index is 0.00565. The van der Waals surface area contributed by atoms with E-state index in [4.69, 9.17) is 0 Å². The van der Waals surface area contributed by atoms with E-state index in [9.17, 15) is 32.1 Å². The molecule has 1 heterocycles. The number of hydrogen-bond donors (Lipinski definition) is 2.